The molecule has 0 aliphatic carbocycles. The number of hydrogen-bond acceptors (Lipinski definition) is 4. The first-order valence-electron chi connectivity index (χ1n) is 7.56. The Morgan fingerprint density at radius 2 is 1.96 bits per heavy atom. The van der Waals surface area contributed by atoms with Crippen molar-refractivity contribution in [2.45, 2.75) is 19.8 Å². The fourth-order valence-corrected chi connectivity index (χ4v) is 2.65. The molecule has 0 saturated heterocycles. The lowest BCUT2D eigenvalue weighted by Gasteiger charge is -2.03. The van der Waals surface area contributed by atoms with Gasteiger partial charge in [0, 0.05) is 18.7 Å². The fourth-order valence-electron chi connectivity index (χ4n) is 2.65. The molecule has 0 unspecified atom stereocenters. The highest BCUT2D eigenvalue weighted by Gasteiger charge is 2.12. The van der Waals surface area contributed by atoms with Gasteiger partial charge in [-0.05, 0) is 18.9 Å². The number of nitrogens with zero attached hydrogens (tertiary/aromatic N) is 5. The number of nitrogens with one attached hydrogen (secondary N) is 1. The van der Waals surface area contributed by atoms with Crippen LogP contribution in [0.2, 0.25) is 0 Å². The minimum absolute atomic E-state index is 0.662. The Hall–Kier alpha value is -3.02. The van der Waals surface area contributed by atoms with Crippen LogP contribution in [0, 0.1) is 6.92 Å². The Morgan fingerprint density at radius 1 is 1.09 bits per heavy atom. The van der Waals surface area contributed by atoms with Gasteiger partial charge >= 0.3 is 0 Å². The van der Waals surface area contributed by atoms with Crippen molar-refractivity contribution in [2.24, 2.45) is 0 Å². The van der Waals surface area contributed by atoms with Crippen molar-refractivity contribution >= 4 is 5.65 Å². The van der Waals surface area contributed by atoms with Crippen molar-refractivity contribution in [2.75, 3.05) is 0 Å². The first-order valence-corrected chi connectivity index (χ1v) is 7.56. The maximum absolute atomic E-state index is 4.60. The van der Waals surface area contributed by atoms with Gasteiger partial charge in [-0.15, -0.1) is 0 Å². The first-order chi connectivity index (χ1) is 11.3. The van der Waals surface area contributed by atoms with E-state index in [4.69, 9.17) is 0 Å². The summed E-state index contributed by atoms with van der Waals surface area (Å²) in [7, 11) is 0. The van der Waals surface area contributed by atoms with Gasteiger partial charge in [0.05, 0.1) is 17.5 Å². The Bertz CT molecular complexity index is 938. The second kappa shape index (κ2) is 5.64. The summed E-state index contributed by atoms with van der Waals surface area (Å²) < 4.78 is 1.80. The summed E-state index contributed by atoms with van der Waals surface area (Å²) in [6, 6.07) is 12.2. The molecule has 3 aromatic heterocycles. The average Bonchev–Trinajstić information content (AvgIpc) is 3.24. The number of H-pyrrole nitrogens is 1. The molecule has 0 bridgehead atoms. The Kier molecular flexibility index (Phi) is 3.34. The number of rotatable bonds is 4. The molecule has 0 aliphatic rings. The van der Waals surface area contributed by atoms with Crippen LogP contribution in [0.25, 0.3) is 17.0 Å². The molecular weight excluding hydrogens is 288 g/mol. The average molecular weight is 304 g/mol. The number of aromatic amines is 1. The van der Waals surface area contributed by atoms with E-state index >= 15 is 0 Å². The molecule has 23 heavy (non-hydrogen) atoms. The molecule has 6 nitrogen and oxygen atoms in total. The summed E-state index contributed by atoms with van der Waals surface area (Å²) in [4.78, 5) is 8.99. The summed E-state index contributed by atoms with van der Waals surface area (Å²) in [6.07, 6.45) is 5.30. The molecular formula is C17H16N6. The van der Waals surface area contributed by atoms with Crippen molar-refractivity contribution in [3.8, 4) is 11.4 Å². The van der Waals surface area contributed by atoms with Gasteiger partial charge in [0.2, 0.25) is 0 Å². The maximum Gasteiger partial charge on any atom is 0.184 e. The van der Waals surface area contributed by atoms with Crippen LogP contribution < -0.4 is 0 Å². The molecule has 1 aromatic carbocycles. The van der Waals surface area contributed by atoms with Crippen LogP contribution >= 0.6 is 0 Å². The van der Waals surface area contributed by atoms with Gasteiger partial charge in [0.25, 0.3) is 0 Å². The SMILES string of the molecule is Cc1c(-c2n[nH]c(CCc3ccccc3)n2)cnc2ccnn12. The topological polar surface area (TPSA) is 71.8 Å². The highest BCUT2D eigenvalue weighted by molar-refractivity contribution is 5.59. The molecule has 1 N–H and O–H groups in total. The molecule has 0 amide bonds. The molecule has 6 heteroatoms. The van der Waals surface area contributed by atoms with Crippen LogP contribution in [0.3, 0.4) is 0 Å². The van der Waals surface area contributed by atoms with Gasteiger partial charge < -0.3 is 0 Å². The number of aryl methyl sites for hydroxylation is 3. The largest absolute Gasteiger partial charge is 0.263 e. The number of aromatic nitrogens is 6. The minimum Gasteiger partial charge on any atom is -0.263 e. The number of hydrogen-bond donors (Lipinski definition) is 1. The Labute approximate surface area is 133 Å². The molecule has 0 aliphatic heterocycles. The van der Waals surface area contributed by atoms with Crippen molar-refractivity contribution < 1.29 is 0 Å². The van der Waals surface area contributed by atoms with E-state index in [0.717, 1.165) is 35.6 Å². The molecule has 0 atom stereocenters. The van der Waals surface area contributed by atoms with Crippen LogP contribution in [0.1, 0.15) is 17.1 Å². The van der Waals surface area contributed by atoms with Crippen molar-refractivity contribution in [1.29, 1.82) is 0 Å². The summed E-state index contributed by atoms with van der Waals surface area (Å²) in [5, 5.41) is 11.6. The summed E-state index contributed by atoms with van der Waals surface area (Å²) >= 11 is 0. The lowest BCUT2D eigenvalue weighted by molar-refractivity contribution is 0.865. The van der Waals surface area contributed by atoms with Crippen LogP contribution in [-0.4, -0.2) is 29.8 Å². The van der Waals surface area contributed by atoms with E-state index in [0.29, 0.717) is 5.82 Å². The van der Waals surface area contributed by atoms with Crippen LogP contribution in [0.15, 0.2) is 48.8 Å². The zero-order valence-electron chi connectivity index (χ0n) is 12.8. The highest BCUT2D eigenvalue weighted by atomic mass is 15.3. The van der Waals surface area contributed by atoms with Crippen molar-refractivity contribution in [1.82, 2.24) is 29.8 Å². The van der Waals surface area contributed by atoms with E-state index in [1.165, 1.54) is 5.56 Å². The van der Waals surface area contributed by atoms with Crippen molar-refractivity contribution in [3.05, 3.63) is 65.9 Å². The van der Waals surface area contributed by atoms with Crippen LogP contribution in [0.5, 0.6) is 0 Å². The molecule has 0 spiro atoms. The Morgan fingerprint density at radius 3 is 2.83 bits per heavy atom. The molecule has 0 radical (unpaired) electrons. The second-order valence-corrected chi connectivity index (χ2v) is 5.45. The molecule has 0 saturated carbocycles. The van der Waals surface area contributed by atoms with Gasteiger partial charge in [-0.3, -0.25) is 5.10 Å². The predicted octanol–water partition coefficient (Wildman–Crippen LogP) is 2.61. The molecule has 3 heterocycles. The standard InChI is InChI=1S/C17H16N6/c1-12-14(11-18-16-9-10-19-23(12)16)17-20-15(21-22-17)8-7-13-5-3-2-4-6-13/h2-6,9-11H,7-8H2,1H3,(H,20,21,22). The normalized spacial score (nSPS) is 11.2. The van der Waals surface area contributed by atoms with E-state index in [9.17, 15) is 0 Å². The van der Waals surface area contributed by atoms with Crippen LogP contribution in [0.4, 0.5) is 0 Å². The molecule has 114 valence electrons. The van der Waals surface area contributed by atoms with E-state index in [-0.39, 0.29) is 0 Å². The number of fused-ring (bicyclic) bond motifs is 1. The molecule has 4 rings (SSSR count). The third kappa shape index (κ3) is 2.59. The summed E-state index contributed by atoms with van der Waals surface area (Å²) in [6.45, 7) is 2.00. The van der Waals surface area contributed by atoms with Crippen molar-refractivity contribution in [3.63, 3.8) is 0 Å². The third-order valence-corrected chi connectivity index (χ3v) is 3.92. The highest BCUT2D eigenvalue weighted by Crippen LogP contribution is 2.19. The van der Waals surface area contributed by atoms with E-state index in [1.54, 1.807) is 16.9 Å². The van der Waals surface area contributed by atoms with Gasteiger partial charge in [0.1, 0.15) is 5.82 Å². The Balaban J connectivity index is 1.58. The fraction of sp³-hybridized carbons (Fsp3) is 0.176. The summed E-state index contributed by atoms with van der Waals surface area (Å²) in [5.74, 6) is 1.54. The lowest BCUT2D eigenvalue weighted by atomic mass is 10.1. The zero-order chi connectivity index (χ0) is 15.6. The van der Waals surface area contributed by atoms with Gasteiger partial charge in [-0.2, -0.15) is 10.2 Å². The first kappa shape index (κ1) is 13.6. The molecule has 4 aromatic rings. The second-order valence-electron chi connectivity index (χ2n) is 5.45. The number of benzene rings is 1. The zero-order valence-corrected chi connectivity index (χ0v) is 12.8. The maximum atomic E-state index is 4.60. The molecule has 0 fully saturated rings. The van der Waals surface area contributed by atoms with Gasteiger partial charge in [0.15, 0.2) is 11.5 Å². The van der Waals surface area contributed by atoms with Crippen LogP contribution in [-0.2, 0) is 12.8 Å². The quantitative estimate of drug-likeness (QED) is 0.629. The third-order valence-electron chi connectivity index (χ3n) is 3.92. The lowest BCUT2D eigenvalue weighted by Crippen LogP contribution is -1.99. The van der Waals surface area contributed by atoms with Gasteiger partial charge in [-0.1, -0.05) is 30.3 Å². The summed E-state index contributed by atoms with van der Waals surface area (Å²) in [5.41, 5.74) is 3.99. The minimum atomic E-state index is 0.662. The monoisotopic (exact) mass is 304 g/mol. The predicted molar refractivity (Wildman–Crippen MR) is 87.0 cm³/mol. The smallest absolute Gasteiger partial charge is 0.184 e. The van der Waals surface area contributed by atoms with Gasteiger partial charge in [-0.25, -0.2) is 14.5 Å². The van der Waals surface area contributed by atoms with E-state index < -0.39 is 0 Å². The van der Waals surface area contributed by atoms with E-state index in [1.807, 2.05) is 19.1 Å². The van der Waals surface area contributed by atoms with E-state index in [2.05, 4.69) is 49.5 Å².